The Hall–Kier alpha value is -2.62. The van der Waals surface area contributed by atoms with E-state index in [0.717, 1.165) is 0 Å². The number of esters is 1. The summed E-state index contributed by atoms with van der Waals surface area (Å²) in [6.45, 7) is 1.23. The van der Waals surface area contributed by atoms with Crippen molar-refractivity contribution in [2.24, 2.45) is 0 Å². The molecule has 1 fully saturated rings. The summed E-state index contributed by atoms with van der Waals surface area (Å²) < 4.78 is 48.0. The first-order chi connectivity index (χ1) is 13.5. The quantitative estimate of drug-likeness (QED) is 0.534. The maximum atomic E-state index is 12.8. The average molecular weight is 407 g/mol. The van der Waals surface area contributed by atoms with Crippen LogP contribution in [0.15, 0.2) is 47.4 Å². The van der Waals surface area contributed by atoms with Crippen molar-refractivity contribution >= 4 is 16.0 Å². The first-order valence-corrected chi connectivity index (χ1v) is 10.0. The van der Waals surface area contributed by atoms with Crippen molar-refractivity contribution in [2.45, 2.75) is 4.90 Å². The lowest BCUT2D eigenvalue weighted by Crippen LogP contribution is -2.40. The van der Waals surface area contributed by atoms with E-state index in [1.54, 1.807) is 18.2 Å². The van der Waals surface area contributed by atoms with Gasteiger partial charge in [0, 0.05) is 13.1 Å². The van der Waals surface area contributed by atoms with Gasteiger partial charge in [-0.2, -0.15) is 4.31 Å². The highest BCUT2D eigenvalue weighted by Gasteiger charge is 2.27. The van der Waals surface area contributed by atoms with Gasteiger partial charge in [0.15, 0.2) is 11.5 Å². The Morgan fingerprint density at radius 3 is 2.21 bits per heavy atom. The highest BCUT2D eigenvalue weighted by Crippen LogP contribution is 2.37. The Bertz CT molecular complexity index is 930. The highest BCUT2D eigenvalue weighted by atomic mass is 32.2. The van der Waals surface area contributed by atoms with Crippen molar-refractivity contribution < 1.29 is 32.2 Å². The molecule has 0 unspecified atom stereocenters. The van der Waals surface area contributed by atoms with E-state index in [1.165, 1.54) is 42.8 Å². The summed E-state index contributed by atoms with van der Waals surface area (Å²) in [5, 5.41) is 0. The topological polar surface area (TPSA) is 91.4 Å². The molecule has 8 nitrogen and oxygen atoms in total. The molecular weight excluding hydrogens is 386 g/mol. The van der Waals surface area contributed by atoms with Gasteiger partial charge in [0.25, 0.3) is 0 Å². The largest absolute Gasteiger partial charge is 0.493 e. The molecule has 0 aliphatic carbocycles. The summed E-state index contributed by atoms with van der Waals surface area (Å²) in [5.41, 5.74) is 0.0993. The summed E-state index contributed by atoms with van der Waals surface area (Å²) in [5.74, 6) is 0.0513. The molecule has 1 aliphatic rings. The van der Waals surface area contributed by atoms with Crippen LogP contribution in [0.3, 0.4) is 0 Å². The molecule has 1 saturated heterocycles. The van der Waals surface area contributed by atoms with Gasteiger partial charge in [0.1, 0.15) is 0 Å². The van der Waals surface area contributed by atoms with Crippen molar-refractivity contribution in [3.63, 3.8) is 0 Å². The second kappa shape index (κ2) is 8.59. The Kier molecular flexibility index (Phi) is 6.18. The normalized spacial score (nSPS) is 15.1. The zero-order chi connectivity index (χ0) is 20.1. The van der Waals surface area contributed by atoms with Crippen molar-refractivity contribution in [1.82, 2.24) is 4.31 Å². The summed E-state index contributed by atoms with van der Waals surface area (Å²) in [7, 11) is -0.828. The maximum Gasteiger partial charge on any atom is 0.343 e. The smallest absolute Gasteiger partial charge is 0.343 e. The molecule has 0 radical (unpaired) electrons. The van der Waals surface area contributed by atoms with Crippen LogP contribution in [0.1, 0.15) is 10.4 Å². The van der Waals surface area contributed by atoms with Gasteiger partial charge in [-0.3, -0.25) is 0 Å². The molecule has 1 heterocycles. The van der Waals surface area contributed by atoms with E-state index in [4.69, 9.17) is 18.9 Å². The lowest BCUT2D eigenvalue weighted by Gasteiger charge is -2.26. The fourth-order valence-corrected chi connectivity index (χ4v) is 4.24. The van der Waals surface area contributed by atoms with Gasteiger partial charge in [-0.25, -0.2) is 13.2 Å². The van der Waals surface area contributed by atoms with Crippen molar-refractivity contribution in [1.29, 1.82) is 0 Å². The molecule has 150 valence electrons. The van der Waals surface area contributed by atoms with Crippen LogP contribution in [0.4, 0.5) is 0 Å². The van der Waals surface area contributed by atoms with Gasteiger partial charge in [0.05, 0.1) is 37.9 Å². The van der Waals surface area contributed by atoms with E-state index in [0.29, 0.717) is 24.7 Å². The zero-order valence-electron chi connectivity index (χ0n) is 15.6. The second-order valence-electron chi connectivity index (χ2n) is 5.93. The number of carbonyl (C=O) groups excluding carboxylic acids is 1. The van der Waals surface area contributed by atoms with Crippen LogP contribution >= 0.6 is 0 Å². The third kappa shape index (κ3) is 4.11. The molecule has 0 N–H and O–H groups in total. The Morgan fingerprint density at radius 1 is 1.00 bits per heavy atom. The number of sulfonamides is 1. The van der Waals surface area contributed by atoms with Crippen molar-refractivity contribution in [3.05, 3.63) is 48.0 Å². The highest BCUT2D eigenvalue weighted by molar-refractivity contribution is 7.89. The molecule has 3 rings (SSSR count). The Morgan fingerprint density at radius 2 is 1.61 bits per heavy atom. The lowest BCUT2D eigenvalue weighted by molar-refractivity contribution is 0.0721. The predicted octanol–water partition coefficient (Wildman–Crippen LogP) is 1.94. The fraction of sp³-hybridized carbons (Fsp3) is 0.316. The van der Waals surface area contributed by atoms with Crippen LogP contribution in [0, 0.1) is 0 Å². The monoisotopic (exact) mass is 407 g/mol. The van der Waals surface area contributed by atoms with Crippen LogP contribution in [0.25, 0.3) is 0 Å². The molecule has 2 aromatic rings. The lowest BCUT2D eigenvalue weighted by atomic mass is 10.2. The van der Waals surface area contributed by atoms with E-state index in [9.17, 15) is 13.2 Å². The standard InChI is InChI=1S/C19H21NO7S/c1-24-16-7-4-8-17(25-2)18(16)27-19(21)14-5-3-6-15(13-14)28(22,23)20-9-11-26-12-10-20/h3-8,13H,9-12H2,1-2H3. The van der Waals surface area contributed by atoms with Gasteiger partial charge >= 0.3 is 5.97 Å². The number of carbonyl (C=O) groups is 1. The van der Waals surface area contributed by atoms with E-state index in [2.05, 4.69) is 0 Å². The average Bonchev–Trinajstić information content (AvgIpc) is 2.74. The number of nitrogens with zero attached hydrogens (tertiary/aromatic N) is 1. The third-order valence-corrected chi connectivity index (χ3v) is 6.15. The number of morpholine rings is 1. The van der Waals surface area contributed by atoms with E-state index in [-0.39, 0.29) is 29.3 Å². The molecule has 0 aromatic heterocycles. The van der Waals surface area contributed by atoms with Crippen LogP contribution in [0.2, 0.25) is 0 Å². The van der Waals surface area contributed by atoms with Gasteiger partial charge in [0.2, 0.25) is 15.8 Å². The van der Waals surface area contributed by atoms with Gasteiger partial charge in [-0.15, -0.1) is 0 Å². The zero-order valence-corrected chi connectivity index (χ0v) is 16.4. The van der Waals surface area contributed by atoms with Crippen molar-refractivity contribution in [3.8, 4) is 17.2 Å². The number of methoxy groups -OCH3 is 2. The van der Waals surface area contributed by atoms with Crippen LogP contribution < -0.4 is 14.2 Å². The fourth-order valence-electron chi connectivity index (χ4n) is 2.79. The van der Waals surface area contributed by atoms with Crippen LogP contribution in [-0.4, -0.2) is 59.2 Å². The van der Waals surface area contributed by atoms with E-state index < -0.39 is 16.0 Å². The molecule has 28 heavy (non-hydrogen) atoms. The van der Waals surface area contributed by atoms with Gasteiger partial charge in [-0.1, -0.05) is 12.1 Å². The number of hydrogen-bond donors (Lipinski definition) is 0. The SMILES string of the molecule is COc1cccc(OC)c1OC(=O)c1cccc(S(=O)(=O)N2CCOCC2)c1. The minimum atomic E-state index is -3.72. The number of rotatable bonds is 6. The second-order valence-corrected chi connectivity index (χ2v) is 7.86. The molecule has 9 heteroatoms. The number of ether oxygens (including phenoxy) is 4. The van der Waals surface area contributed by atoms with Gasteiger partial charge in [-0.05, 0) is 30.3 Å². The summed E-state index contributed by atoms with van der Waals surface area (Å²) in [6, 6.07) is 10.7. The first kappa shape index (κ1) is 20.1. The Balaban J connectivity index is 1.88. The Labute approximate surface area is 163 Å². The molecule has 0 amide bonds. The molecule has 0 atom stereocenters. The minimum absolute atomic E-state index is 0.0239. The summed E-state index contributed by atoms with van der Waals surface area (Å²) in [6.07, 6.45) is 0. The van der Waals surface area contributed by atoms with Gasteiger partial charge < -0.3 is 18.9 Å². The number of benzene rings is 2. The number of hydrogen-bond acceptors (Lipinski definition) is 7. The molecule has 0 saturated carbocycles. The summed E-state index contributed by atoms with van der Waals surface area (Å²) in [4.78, 5) is 12.7. The van der Waals surface area contributed by atoms with Crippen molar-refractivity contribution in [2.75, 3.05) is 40.5 Å². The van der Waals surface area contributed by atoms with E-state index in [1.807, 2.05) is 0 Å². The van der Waals surface area contributed by atoms with Crippen LogP contribution in [0.5, 0.6) is 17.2 Å². The molecule has 0 bridgehead atoms. The first-order valence-electron chi connectivity index (χ1n) is 8.58. The third-order valence-electron chi connectivity index (χ3n) is 4.25. The van der Waals surface area contributed by atoms with Crippen LogP contribution in [-0.2, 0) is 14.8 Å². The molecule has 0 spiro atoms. The minimum Gasteiger partial charge on any atom is -0.493 e. The molecule has 2 aromatic carbocycles. The predicted molar refractivity (Wildman–Crippen MR) is 101 cm³/mol. The van der Waals surface area contributed by atoms with E-state index >= 15 is 0 Å². The summed E-state index contributed by atoms with van der Waals surface area (Å²) >= 11 is 0. The number of para-hydroxylation sites is 1. The molecular formula is C19H21NO7S. The molecule has 1 aliphatic heterocycles. The maximum absolute atomic E-state index is 12.8.